The number of carbonyl (C=O) groups excluding carboxylic acids is 1. The van der Waals surface area contributed by atoms with Crippen molar-refractivity contribution in [2.24, 2.45) is 0 Å². The van der Waals surface area contributed by atoms with Gasteiger partial charge in [-0.1, -0.05) is 23.7 Å². The second-order valence-electron chi connectivity index (χ2n) is 6.58. The zero-order valence-electron chi connectivity index (χ0n) is 16.0. The number of pyridine rings is 1. The van der Waals surface area contributed by atoms with Gasteiger partial charge in [0.25, 0.3) is 0 Å². The zero-order valence-corrected chi connectivity index (χ0v) is 16.8. The number of carbonyl (C=O) groups is 1. The van der Waals surface area contributed by atoms with Gasteiger partial charge in [-0.25, -0.2) is 9.97 Å². The number of halogens is 1. The highest BCUT2D eigenvalue weighted by atomic mass is 35.5. The molecule has 1 N–H and O–H groups in total. The molecule has 0 bridgehead atoms. The number of aryl methyl sites for hydroxylation is 1. The minimum atomic E-state index is -0.120. The summed E-state index contributed by atoms with van der Waals surface area (Å²) in [4.78, 5) is 21.4. The van der Waals surface area contributed by atoms with Crippen molar-refractivity contribution in [3.05, 3.63) is 77.2 Å². The molecule has 0 aliphatic carbocycles. The van der Waals surface area contributed by atoms with E-state index in [1.165, 1.54) is 0 Å². The van der Waals surface area contributed by atoms with E-state index in [0.717, 1.165) is 28.2 Å². The van der Waals surface area contributed by atoms with E-state index in [1.54, 1.807) is 31.5 Å². The first kappa shape index (κ1) is 19.0. The summed E-state index contributed by atoms with van der Waals surface area (Å²) in [6.45, 7) is 1.95. The highest BCUT2D eigenvalue weighted by Gasteiger charge is 2.11. The Morgan fingerprint density at radius 1 is 1.17 bits per heavy atom. The molecule has 4 rings (SSSR count). The number of hydrogen-bond donors (Lipinski definition) is 1. The predicted molar refractivity (Wildman–Crippen MR) is 114 cm³/mol. The molecule has 0 aliphatic heterocycles. The van der Waals surface area contributed by atoms with Crippen molar-refractivity contribution in [2.75, 3.05) is 12.4 Å². The fourth-order valence-corrected chi connectivity index (χ4v) is 3.49. The monoisotopic (exact) mass is 406 g/mol. The normalized spacial score (nSPS) is 10.9. The number of methoxy groups -OCH3 is 1. The summed E-state index contributed by atoms with van der Waals surface area (Å²) in [6, 6.07) is 16.8. The Balaban J connectivity index is 1.49. The lowest BCUT2D eigenvalue weighted by Crippen LogP contribution is -2.14. The van der Waals surface area contributed by atoms with Gasteiger partial charge in [-0.15, -0.1) is 0 Å². The van der Waals surface area contributed by atoms with Crippen molar-refractivity contribution in [3.8, 4) is 11.4 Å². The molecular formula is C22H19ClN4O2. The average Bonchev–Trinajstić information content (AvgIpc) is 3.04. The minimum absolute atomic E-state index is 0.120. The van der Waals surface area contributed by atoms with E-state index < -0.39 is 0 Å². The summed E-state index contributed by atoms with van der Waals surface area (Å²) in [5.74, 6) is 1.31. The first-order valence-electron chi connectivity index (χ1n) is 9.08. The van der Waals surface area contributed by atoms with Gasteiger partial charge in [0.2, 0.25) is 5.91 Å². The summed E-state index contributed by atoms with van der Waals surface area (Å²) in [5.41, 5.74) is 4.15. The molecule has 0 saturated carbocycles. The number of hydrogen-bond acceptors (Lipinski definition) is 4. The van der Waals surface area contributed by atoms with Crippen LogP contribution in [0.1, 0.15) is 11.4 Å². The third-order valence-electron chi connectivity index (χ3n) is 4.58. The molecule has 4 aromatic rings. The number of amides is 1. The summed E-state index contributed by atoms with van der Waals surface area (Å²) in [6.07, 6.45) is 2.01. The van der Waals surface area contributed by atoms with Crippen LogP contribution in [0, 0.1) is 6.92 Å². The molecule has 146 valence electrons. The second-order valence-corrected chi connectivity index (χ2v) is 6.99. The van der Waals surface area contributed by atoms with E-state index in [1.807, 2.05) is 47.9 Å². The van der Waals surface area contributed by atoms with Crippen LogP contribution in [-0.4, -0.2) is 27.6 Å². The average molecular weight is 407 g/mol. The van der Waals surface area contributed by atoms with Crippen molar-refractivity contribution in [1.29, 1.82) is 0 Å². The Kier molecular flexibility index (Phi) is 5.18. The molecule has 0 radical (unpaired) electrons. The fourth-order valence-electron chi connectivity index (χ4n) is 3.23. The maximum absolute atomic E-state index is 12.4. The van der Waals surface area contributed by atoms with Crippen LogP contribution in [0.15, 0.2) is 60.8 Å². The van der Waals surface area contributed by atoms with E-state index in [2.05, 4.69) is 15.3 Å². The molecule has 0 unspecified atom stereocenters. The molecule has 2 aromatic heterocycles. The van der Waals surface area contributed by atoms with E-state index >= 15 is 0 Å². The van der Waals surface area contributed by atoms with Crippen LogP contribution in [0.3, 0.4) is 0 Å². The SMILES string of the molecule is COc1ccc(NC(=O)Cc2ccc(-n3c(C)nc4cccnc43)cc2)cc1Cl. The Labute approximate surface area is 173 Å². The van der Waals surface area contributed by atoms with Gasteiger partial charge >= 0.3 is 0 Å². The Hall–Kier alpha value is -3.38. The quantitative estimate of drug-likeness (QED) is 0.527. The van der Waals surface area contributed by atoms with Crippen LogP contribution in [0.25, 0.3) is 16.9 Å². The lowest BCUT2D eigenvalue weighted by Gasteiger charge is -2.09. The van der Waals surface area contributed by atoms with Gasteiger partial charge in [0.05, 0.1) is 18.6 Å². The number of benzene rings is 2. The van der Waals surface area contributed by atoms with E-state index in [9.17, 15) is 4.79 Å². The van der Waals surface area contributed by atoms with Crippen LogP contribution in [0.2, 0.25) is 5.02 Å². The molecule has 29 heavy (non-hydrogen) atoms. The highest BCUT2D eigenvalue weighted by molar-refractivity contribution is 6.32. The fraction of sp³-hybridized carbons (Fsp3) is 0.136. The van der Waals surface area contributed by atoms with Crippen molar-refractivity contribution in [1.82, 2.24) is 14.5 Å². The molecule has 0 spiro atoms. The Bertz CT molecular complexity index is 1190. The van der Waals surface area contributed by atoms with E-state index in [-0.39, 0.29) is 12.3 Å². The van der Waals surface area contributed by atoms with Crippen LogP contribution < -0.4 is 10.1 Å². The molecule has 0 saturated heterocycles. The van der Waals surface area contributed by atoms with Gasteiger partial charge in [-0.2, -0.15) is 0 Å². The number of nitrogens with zero attached hydrogens (tertiary/aromatic N) is 3. The first-order chi connectivity index (χ1) is 14.0. The van der Waals surface area contributed by atoms with Gasteiger partial charge < -0.3 is 10.1 Å². The number of nitrogens with one attached hydrogen (secondary N) is 1. The Morgan fingerprint density at radius 3 is 2.69 bits per heavy atom. The molecule has 0 fully saturated rings. The van der Waals surface area contributed by atoms with Gasteiger partial charge in [0.15, 0.2) is 5.65 Å². The van der Waals surface area contributed by atoms with E-state index in [0.29, 0.717) is 16.5 Å². The van der Waals surface area contributed by atoms with Crippen LogP contribution >= 0.6 is 11.6 Å². The van der Waals surface area contributed by atoms with Gasteiger partial charge in [-0.05, 0) is 55.0 Å². The minimum Gasteiger partial charge on any atom is -0.495 e. The smallest absolute Gasteiger partial charge is 0.228 e. The number of rotatable bonds is 5. The summed E-state index contributed by atoms with van der Waals surface area (Å²) in [5, 5.41) is 3.30. The topological polar surface area (TPSA) is 69.0 Å². The second kappa shape index (κ2) is 7.93. The zero-order chi connectivity index (χ0) is 20.4. The third kappa shape index (κ3) is 3.93. The Morgan fingerprint density at radius 2 is 1.97 bits per heavy atom. The maximum Gasteiger partial charge on any atom is 0.228 e. The number of imidazole rings is 1. The maximum atomic E-state index is 12.4. The number of ether oxygens (including phenoxy) is 1. The molecule has 0 atom stereocenters. The standard InChI is InChI=1S/C22H19ClN4O2/c1-14-25-19-4-3-11-24-22(19)27(14)17-8-5-15(6-9-17)12-21(28)26-16-7-10-20(29-2)18(23)13-16/h3-11,13H,12H2,1-2H3,(H,26,28). The van der Waals surface area contributed by atoms with Gasteiger partial charge in [0.1, 0.15) is 17.1 Å². The summed E-state index contributed by atoms with van der Waals surface area (Å²) in [7, 11) is 1.55. The summed E-state index contributed by atoms with van der Waals surface area (Å²) >= 11 is 6.10. The molecule has 1 amide bonds. The predicted octanol–water partition coefficient (Wildman–Crippen LogP) is 4.57. The number of aromatic nitrogens is 3. The molecule has 7 heteroatoms. The van der Waals surface area contributed by atoms with Crippen molar-refractivity contribution in [3.63, 3.8) is 0 Å². The molecular weight excluding hydrogens is 388 g/mol. The summed E-state index contributed by atoms with van der Waals surface area (Å²) < 4.78 is 7.12. The molecule has 0 aliphatic rings. The van der Waals surface area contributed by atoms with Crippen LogP contribution in [0.5, 0.6) is 5.75 Å². The van der Waals surface area contributed by atoms with Crippen LogP contribution in [0.4, 0.5) is 5.69 Å². The van der Waals surface area contributed by atoms with Crippen molar-refractivity contribution >= 4 is 34.4 Å². The van der Waals surface area contributed by atoms with Crippen molar-refractivity contribution in [2.45, 2.75) is 13.3 Å². The van der Waals surface area contributed by atoms with Crippen molar-refractivity contribution < 1.29 is 9.53 Å². The number of anilines is 1. The molecule has 6 nitrogen and oxygen atoms in total. The lowest BCUT2D eigenvalue weighted by molar-refractivity contribution is -0.115. The third-order valence-corrected chi connectivity index (χ3v) is 4.87. The largest absolute Gasteiger partial charge is 0.495 e. The number of fused-ring (bicyclic) bond motifs is 1. The molecule has 2 heterocycles. The molecule has 2 aromatic carbocycles. The van der Waals surface area contributed by atoms with Gasteiger partial charge in [-0.3, -0.25) is 9.36 Å². The van der Waals surface area contributed by atoms with Crippen LogP contribution in [-0.2, 0) is 11.2 Å². The highest BCUT2D eigenvalue weighted by Crippen LogP contribution is 2.27. The van der Waals surface area contributed by atoms with E-state index in [4.69, 9.17) is 16.3 Å². The lowest BCUT2D eigenvalue weighted by atomic mass is 10.1. The first-order valence-corrected chi connectivity index (χ1v) is 9.46. The van der Waals surface area contributed by atoms with Gasteiger partial charge in [0, 0.05) is 17.6 Å².